The first-order valence-corrected chi connectivity index (χ1v) is 14.3. The van der Waals surface area contributed by atoms with Crippen LogP contribution in [0.3, 0.4) is 0 Å². The third-order valence-corrected chi connectivity index (χ3v) is 8.85. The number of nitrogens with zero attached hydrogens (tertiary/aromatic N) is 1. The van der Waals surface area contributed by atoms with Gasteiger partial charge in [0.05, 0.1) is 5.69 Å². The van der Waals surface area contributed by atoms with Gasteiger partial charge in [0.15, 0.2) is 11.6 Å². The highest BCUT2D eigenvalue weighted by Crippen LogP contribution is 2.33. The molecule has 2 fully saturated rings. The largest absolute Gasteiger partial charge is 0.351 e. The molecule has 0 spiro atoms. The maximum absolute atomic E-state index is 14.8. The Hall–Kier alpha value is -1.50. The van der Waals surface area contributed by atoms with E-state index in [1.165, 1.54) is 42.5 Å². The van der Waals surface area contributed by atoms with Gasteiger partial charge in [-0.1, -0.05) is 19.3 Å². The molecule has 2 aromatic carbocycles. The Morgan fingerprint density at radius 3 is 2.26 bits per heavy atom. The van der Waals surface area contributed by atoms with Crippen molar-refractivity contribution in [3.63, 3.8) is 0 Å². The van der Waals surface area contributed by atoms with Crippen LogP contribution in [0.25, 0.3) is 0 Å². The maximum Gasteiger partial charge on any atom is 0.301 e. The lowest BCUT2D eigenvalue weighted by molar-refractivity contribution is 0.253. The molecule has 1 saturated carbocycles. The predicted octanol–water partition coefficient (Wildman–Crippen LogP) is 5.66. The third-order valence-electron chi connectivity index (χ3n) is 6.65. The van der Waals surface area contributed by atoms with E-state index in [4.69, 9.17) is 0 Å². The Morgan fingerprint density at radius 1 is 0.941 bits per heavy atom. The fraction of sp³-hybridized carbons (Fsp3) is 0.500. The molecule has 2 aliphatic rings. The molecular formula is C24H31F2IN4O2S. The van der Waals surface area contributed by atoms with E-state index in [-0.39, 0.29) is 11.4 Å². The quantitative estimate of drug-likeness (QED) is 0.357. The summed E-state index contributed by atoms with van der Waals surface area (Å²) in [5.74, 6) is -2.18. The van der Waals surface area contributed by atoms with Gasteiger partial charge in [0.25, 0.3) is 0 Å². The summed E-state index contributed by atoms with van der Waals surface area (Å²) in [7, 11) is -3.93. The van der Waals surface area contributed by atoms with Crippen molar-refractivity contribution >= 4 is 49.9 Å². The van der Waals surface area contributed by atoms with Crippen molar-refractivity contribution in [2.24, 2.45) is 0 Å². The molecule has 0 unspecified atom stereocenters. The molecule has 0 aromatic heterocycles. The van der Waals surface area contributed by atoms with Crippen LogP contribution in [0.1, 0.15) is 50.5 Å². The number of hydrogen-bond acceptors (Lipinski definition) is 4. The summed E-state index contributed by atoms with van der Waals surface area (Å²) in [6.45, 7) is 2.60. The molecule has 0 amide bonds. The van der Waals surface area contributed by atoms with Gasteiger partial charge >= 0.3 is 10.2 Å². The molecule has 186 valence electrons. The molecule has 4 rings (SSSR count). The number of benzene rings is 2. The number of rotatable bonds is 7. The van der Waals surface area contributed by atoms with Gasteiger partial charge < -0.3 is 10.6 Å². The van der Waals surface area contributed by atoms with E-state index >= 15 is 0 Å². The minimum absolute atomic E-state index is 0.0284. The molecule has 34 heavy (non-hydrogen) atoms. The van der Waals surface area contributed by atoms with Crippen LogP contribution in [0.2, 0.25) is 0 Å². The Labute approximate surface area is 214 Å². The number of aryl methyl sites for hydroxylation is 1. The van der Waals surface area contributed by atoms with Crippen LogP contribution >= 0.6 is 22.6 Å². The van der Waals surface area contributed by atoms with Crippen LogP contribution in [0.15, 0.2) is 30.3 Å². The summed E-state index contributed by atoms with van der Waals surface area (Å²) >= 11 is 2.17. The fourth-order valence-electron chi connectivity index (χ4n) is 4.73. The van der Waals surface area contributed by atoms with Crippen LogP contribution in [0, 0.1) is 22.1 Å². The second-order valence-corrected chi connectivity index (χ2v) is 12.1. The summed E-state index contributed by atoms with van der Waals surface area (Å²) in [5.41, 5.74) is 1.14. The second kappa shape index (κ2) is 11.0. The van der Waals surface area contributed by atoms with E-state index in [1.807, 2.05) is 19.1 Å². The summed E-state index contributed by atoms with van der Waals surface area (Å²) in [6.07, 6.45) is 7.62. The smallest absolute Gasteiger partial charge is 0.301 e. The second-order valence-electron chi connectivity index (χ2n) is 9.15. The first kappa shape index (κ1) is 25.6. The predicted molar refractivity (Wildman–Crippen MR) is 141 cm³/mol. The maximum atomic E-state index is 14.8. The zero-order chi connectivity index (χ0) is 24.3. The van der Waals surface area contributed by atoms with Gasteiger partial charge in [0.1, 0.15) is 5.69 Å². The zero-order valence-electron chi connectivity index (χ0n) is 19.2. The molecule has 0 bridgehead atoms. The Kier molecular flexibility index (Phi) is 8.32. The van der Waals surface area contributed by atoms with E-state index in [1.54, 1.807) is 6.07 Å². The lowest BCUT2D eigenvalue weighted by Gasteiger charge is -2.35. The molecule has 1 aliphatic heterocycles. The molecule has 1 heterocycles. The van der Waals surface area contributed by atoms with Crippen molar-refractivity contribution in [2.75, 3.05) is 23.1 Å². The van der Waals surface area contributed by atoms with Crippen LogP contribution in [0.5, 0.6) is 0 Å². The van der Waals surface area contributed by atoms with Crippen molar-refractivity contribution in [2.45, 2.75) is 64.0 Å². The SMILES string of the molecule is Cc1cc(I)ccc1Nc1c(NS(=O)(=O)N2CCC(NC3CCCCC3)CC2)ccc(F)c1F. The lowest BCUT2D eigenvalue weighted by atomic mass is 9.94. The van der Waals surface area contributed by atoms with E-state index in [0.717, 1.165) is 28.0 Å². The van der Waals surface area contributed by atoms with Crippen molar-refractivity contribution < 1.29 is 17.2 Å². The van der Waals surface area contributed by atoms with Crippen LogP contribution < -0.4 is 15.4 Å². The van der Waals surface area contributed by atoms with Gasteiger partial charge in [-0.05, 0) is 91.1 Å². The number of nitrogens with one attached hydrogen (secondary N) is 3. The molecule has 3 N–H and O–H groups in total. The number of halogens is 3. The first-order valence-electron chi connectivity index (χ1n) is 11.8. The Morgan fingerprint density at radius 2 is 1.59 bits per heavy atom. The van der Waals surface area contributed by atoms with Gasteiger partial charge in [-0.15, -0.1) is 0 Å². The molecule has 0 radical (unpaired) electrons. The highest BCUT2D eigenvalue weighted by atomic mass is 127. The van der Waals surface area contributed by atoms with Crippen molar-refractivity contribution in [3.8, 4) is 0 Å². The monoisotopic (exact) mass is 604 g/mol. The van der Waals surface area contributed by atoms with Gasteiger partial charge in [-0.3, -0.25) is 4.72 Å². The average Bonchev–Trinajstić information content (AvgIpc) is 2.81. The number of hydrogen-bond donors (Lipinski definition) is 3. The van der Waals surface area contributed by atoms with E-state index in [2.05, 4.69) is 37.9 Å². The summed E-state index contributed by atoms with van der Waals surface area (Å²) in [4.78, 5) is 0. The summed E-state index contributed by atoms with van der Waals surface area (Å²) in [6, 6.07) is 8.50. The highest BCUT2D eigenvalue weighted by Gasteiger charge is 2.30. The topological polar surface area (TPSA) is 73.5 Å². The molecule has 10 heteroatoms. The van der Waals surface area contributed by atoms with Crippen LogP contribution in [-0.2, 0) is 10.2 Å². The fourth-order valence-corrected chi connectivity index (χ4v) is 6.64. The summed E-state index contributed by atoms with van der Waals surface area (Å²) < 4.78 is 59.9. The van der Waals surface area contributed by atoms with Crippen LogP contribution in [-0.4, -0.2) is 37.9 Å². The Bertz CT molecular complexity index is 1120. The molecule has 6 nitrogen and oxygen atoms in total. The minimum atomic E-state index is -3.93. The normalized spacial score (nSPS) is 18.7. The zero-order valence-corrected chi connectivity index (χ0v) is 22.2. The first-order chi connectivity index (χ1) is 16.2. The molecule has 2 aromatic rings. The van der Waals surface area contributed by atoms with Crippen molar-refractivity contribution in [1.82, 2.24) is 9.62 Å². The molecule has 1 aliphatic carbocycles. The van der Waals surface area contributed by atoms with E-state index in [0.29, 0.717) is 30.9 Å². The molecule has 0 atom stereocenters. The molecular weight excluding hydrogens is 573 g/mol. The lowest BCUT2D eigenvalue weighted by Crippen LogP contribution is -2.49. The standard InChI is InChI=1S/C24H31F2IN4O2S/c1-16-15-17(27)7-9-21(16)29-24-22(10-8-20(25)23(24)26)30-34(32,33)31-13-11-19(12-14-31)28-18-5-3-2-4-6-18/h7-10,15,18-19,28-30H,2-6,11-14H2,1H3. The van der Waals surface area contributed by atoms with E-state index in [9.17, 15) is 17.2 Å². The van der Waals surface area contributed by atoms with Gasteiger partial charge in [0.2, 0.25) is 0 Å². The van der Waals surface area contributed by atoms with Gasteiger partial charge in [0, 0.05) is 34.4 Å². The third kappa shape index (κ3) is 6.19. The Balaban J connectivity index is 1.46. The van der Waals surface area contributed by atoms with Crippen molar-refractivity contribution in [1.29, 1.82) is 0 Å². The average molecular weight is 605 g/mol. The number of anilines is 3. The van der Waals surface area contributed by atoms with Gasteiger partial charge in [-0.2, -0.15) is 12.7 Å². The van der Waals surface area contributed by atoms with Crippen molar-refractivity contribution in [3.05, 3.63) is 51.1 Å². The number of piperidine rings is 1. The summed E-state index contributed by atoms with van der Waals surface area (Å²) in [5, 5.41) is 6.58. The molecule has 1 saturated heterocycles. The van der Waals surface area contributed by atoms with Crippen LogP contribution in [0.4, 0.5) is 25.8 Å². The van der Waals surface area contributed by atoms with E-state index < -0.39 is 21.8 Å². The van der Waals surface area contributed by atoms with Gasteiger partial charge in [-0.25, -0.2) is 8.78 Å². The minimum Gasteiger partial charge on any atom is -0.351 e. The highest BCUT2D eigenvalue weighted by molar-refractivity contribution is 14.1.